The second-order valence-corrected chi connectivity index (χ2v) is 10.3. The van der Waals surface area contributed by atoms with Gasteiger partial charge in [-0.2, -0.15) is 9.97 Å². The molecule has 1 N–H and O–H groups in total. The molecule has 5 rings (SSSR count). The predicted molar refractivity (Wildman–Crippen MR) is 138 cm³/mol. The second-order valence-electron chi connectivity index (χ2n) is 10.3. The van der Waals surface area contributed by atoms with Crippen LogP contribution < -0.4 is 9.64 Å². The van der Waals surface area contributed by atoms with E-state index in [-0.39, 0.29) is 29.8 Å². The maximum Gasteiger partial charge on any atom is 0.318 e. The summed E-state index contributed by atoms with van der Waals surface area (Å²) in [6.45, 7) is 10.3. The molecule has 198 valence electrons. The van der Waals surface area contributed by atoms with Crippen molar-refractivity contribution in [2.45, 2.75) is 51.5 Å². The minimum Gasteiger partial charge on any atom is -0.508 e. The molecule has 2 atom stereocenters. The summed E-state index contributed by atoms with van der Waals surface area (Å²) in [6, 6.07) is 5.09. The van der Waals surface area contributed by atoms with Crippen LogP contribution in [0.2, 0.25) is 0 Å². The molecule has 37 heavy (non-hydrogen) atoms. The Kier molecular flexibility index (Phi) is 7.30. The van der Waals surface area contributed by atoms with Gasteiger partial charge in [0.15, 0.2) is 0 Å². The summed E-state index contributed by atoms with van der Waals surface area (Å²) in [5.74, 6) is 0.255. The van der Waals surface area contributed by atoms with Gasteiger partial charge < -0.3 is 24.5 Å². The molecule has 2 saturated heterocycles. The van der Waals surface area contributed by atoms with Gasteiger partial charge >= 0.3 is 6.01 Å². The van der Waals surface area contributed by atoms with E-state index in [1.54, 1.807) is 4.90 Å². The molecule has 9 nitrogen and oxygen atoms in total. The van der Waals surface area contributed by atoms with Gasteiger partial charge in [-0.05, 0) is 51.6 Å². The van der Waals surface area contributed by atoms with Crippen molar-refractivity contribution in [3.63, 3.8) is 0 Å². The number of carbonyl (C=O) groups is 1. The molecule has 0 bridgehead atoms. The zero-order valence-electron chi connectivity index (χ0n) is 21.6. The molecule has 0 radical (unpaired) electrons. The first kappa shape index (κ1) is 25.4. The van der Waals surface area contributed by atoms with Gasteiger partial charge in [-0.3, -0.25) is 9.69 Å². The number of benzene rings is 1. The van der Waals surface area contributed by atoms with Crippen LogP contribution in [0.4, 0.5) is 10.2 Å². The zero-order valence-corrected chi connectivity index (χ0v) is 21.6. The topological polar surface area (TPSA) is 85.3 Å². The van der Waals surface area contributed by atoms with Crippen molar-refractivity contribution in [2.24, 2.45) is 0 Å². The van der Waals surface area contributed by atoms with Gasteiger partial charge in [0.25, 0.3) is 0 Å². The average molecular weight is 511 g/mol. The van der Waals surface area contributed by atoms with E-state index < -0.39 is 5.82 Å². The van der Waals surface area contributed by atoms with Crippen LogP contribution in [0.3, 0.4) is 0 Å². The van der Waals surface area contributed by atoms with Crippen LogP contribution in [0.25, 0.3) is 0 Å². The molecule has 4 heterocycles. The number of aromatic nitrogens is 2. The number of amides is 1. The highest BCUT2D eigenvalue weighted by atomic mass is 19.1. The summed E-state index contributed by atoms with van der Waals surface area (Å²) in [7, 11) is 2.11. The van der Waals surface area contributed by atoms with E-state index in [1.807, 2.05) is 0 Å². The standard InChI is InChI=1S/C27H35FN6O3/c1-4-25(36)33-11-12-34(18(2)13-33)26-21-15-32(14-20-22(28)8-5-9-24(20)35)16-23(21)29-27(30-26)37-17-19-7-6-10-31(19)3/h4-5,8-9,18-19,35H,1,6-7,10-17H2,2-3H3/t18-,19-/m0/s1. The van der Waals surface area contributed by atoms with Crippen LogP contribution in [0, 0.1) is 5.82 Å². The van der Waals surface area contributed by atoms with E-state index in [4.69, 9.17) is 14.7 Å². The lowest BCUT2D eigenvalue weighted by atomic mass is 10.1. The number of halogens is 1. The van der Waals surface area contributed by atoms with Crippen molar-refractivity contribution >= 4 is 11.7 Å². The minimum absolute atomic E-state index is 0.0372. The summed E-state index contributed by atoms with van der Waals surface area (Å²) in [5.41, 5.74) is 2.11. The van der Waals surface area contributed by atoms with Crippen molar-refractivity contribution in [1.29, 1.82) is 0 Å². The Bertz CT molecular complexity index is 1160. The number of likely N-dealkylation sites (tertiary alicyclic amines) is 1. The highest BCUT2D eigenvalue weighted by Gasteiger charge is 2.34. The number of hydrogen-bond acceptors (Lipinski definition) is 8. The Morgan fingerprint density at radius 1 is 1.27 bits per heavy atom. The van der Waals surface area contributed by atoms with Crippen LogP contribution in [0.1, 0.15) is 36.6 Å². The Morgan fingerprint density at radius 3 is 2.81 bits per heavy atom. The fourth-order valence-corrected chi connectivity index (χ4v) is 5.58. The first-order valence-electron chi connectivity index (χ1n) is 12.9. The van der Waals surface area contributed by atoms with Crippen molar-refractivity contribution < 1.29 is 19.0 Å². The summed E-state index contributed by atoms with van der Waals surface area (Å²) >= 11 is 0. The fraction of sp³-hybridized carbons (Fsp3) is 0.519. The van der Waals surface area contributed by atoms with E-state index in [1.165, 1.54) is 24.3 Å². The molecular weight excluding hydrogens is 475 g/mol. The first-order valence-corrected chi connectivity index (χ1v) is 12.9. The number of phenolic OH excluding ortho intramolecular Hbond substituents is 1. The van der Waals surface area contributed by atoms with Crippen LogP contribution in [0.5, 0.6) is 11.8 Å². The van der Waals surface area contributed by atoms with Crippen molar-refractivity contribution in [1.82, 2.24) is 24.7 Å². The average Bonchev–Trinajstić information content (AvgIpc) is 3.49. The van der Waals surface area contributed by atoms with Gasteiger partial charge in [-0.1, -0.05) is 12.6 Å². The molecule has 2 aromatic rings. The maximum absolute atomic E-state index is 14.4. The zero-order chi connectivity index (χ0) is 26.1. The molecule has 1 aromatic carbocycles. The van der Waals surface area contributed by atoms with E-state index in [0.29, 0.717) is 51.4 Å². The van der Waals surface area contributed by atoms with E-state index in [9.17, 15) is 14.3 Å². The monoisotopic (exact) mass is 510 g/mol. The lowest BCUT2D eigenvalue weighted by molar-refractivity contribution is -0.126. The smallest absolute Gasteiger partial charge is 0.318 e. The number of likely N-dealkylation sites (N-methyl/N-ethyl adjacent to an activating group) is 1. The Balaban J connectivity index is 1.40. The van der Waals surface area contributed by atoms with E-state index in [2.05, 4.69) is 35.3 Å². The number of anilines is 1. The number of rotatable bonds is 7. The number of phenols is 1. The molecule has 1 amide bonds. The van der Waals surface area contributed by atoms with Gasteiger partial charge in [-0.15, -0.1) is 0 Å². The third-order valence-electron chi connectivity index (χ3n) is 7.74. The van der Waals surface area contributed by atoms with Crippen molar-refractivity contribution in [3.05, 3.63) is 53.5 Å². The lowest BCUT2D eigenvalue weighted by Gasteiger charge is -2.40. The molecule has 1 aromatic heterocycles. The summed E-state index contributed by atoms with van der Waals surface area (Å²) < 4.78 is 20.6. The summed E-state index contributed by atoms with van der Waals surface area (Å²) in [4.78, 5) is 30.2. The Morgan fingerprint density at radius 2 is 2.11 bits per heavy atom. The number of ether oxygens (including phenoxy) is 1. The third-order valence-corrected chi connectivity index (χ3v) is 7.74. The maximum atomic E-state index is 14.4. The molecule has 3 aliphatic rings. The Labute approximate surface area is 217 Å². The SMILES string of the molecule is C=CC(=O)N1CCN(c2nc(OC[C@@H]3CCCN3C)nc3c2CN(Cc2c(O)cccc2F)C3)[C@@H](C)C1. The normalized spacial score (nSPS) is 22.4. The van der Waals surface area contributed by atoms with Gasteiger partial charge in [0.1, 0.15) is 24.0 Å². The van der Waals surface area contributed by atoms with Crippen LogP contribution >= 0.6 is 0 Å². The number of fused-ring (bicyclic) bond motifs is 1. The van der Waals surface area contributed by atoms with Crippen molar-refractivity contribution in [2.75, 3.05) is 44.7 Å². The summed E-state index contributed by atoms with van der Waals surface area (Å²) in [5, 5.41) is 10.2. The Hall–Kier alpha value is -3.24. The number of nitrogens with zero attached hydrogens (tertiary/aromatic N) is 6. The molecular formula is C27H35FN6O3. The fourth-order valence-electron chi connectivity index (χ4n) is 5.58. The van der Waals surface area contributed by atoms with E-state index >= 15 is 0 Å². The molecule has 0 aliphatic carbocycles. The van der Waals surface area contributed by atoms with Gasteiger partial charge in [0.05, 0.1) is 5.69 Å². The molecule has 3 aliphatic heterocycles. The van der Waals surface area contributed by atoms with Gasteiger partial charge in [0.2, 0.25) is 5.91 Å². The lowest BCUT2D eigenvalue weighted by Crippen LogP contribution is -2.54. The van der Waals surface area contributed by atoms with Crippen LogP contribution in [-0.2, 0) is 24.4 Å². The molecule has 0 spiro atoms. The molecule has 0 saturated carbocycles. The molecule has 2 fully saturated rings. The number of carbonyl (C=O) groups excluding carboxylic acids is 1. The molecule has 0 unspecified atom stereocenters. The van der Waals surface area contributed by atoms with E-state index in [0.717, 1.165) is 36.5 Å². The number of piperazine rings is 1. The first-order chi connectivity index (χ1) is 17.8. The quantitative estimate of drug-likeness (QED) is 0.569. The van der Waals surface area contributed by atoms with Gasteiger partial charge in [0, 0.05) is 62.5 Å². The van der Waals surface area contributed by atoms with Gasteiger partial charge in [-0.25, -0.2) is 4.39 Å². The minimum atomic E-state index is -0.427. The highest BCUT2D eigenvalue weighted by molar-refractivity contribution is 5.87. The predicted octanol–water partition coefficient (Wildman–Crippen LogP) is 2.53. The second kappa shape index (κ2) is 10.6. The molecule has 10 heteroatoms. The largest absolute Gasteiger partial charge is 0.508 e. The van der Waals surface area contributed by atoms with Crippen molar-refractivity contribution in [3.8, 4) is 11.8 Å². The highest BCUT2D eigenvalue weighted by Crippen LogP contribution is 2.35. The number of hydrogen-bond donors (Lipinski definition) is 1. The van der Waals surface area contributed by atoms with Crippen LogP contribution in [-0.4, -0.2) is 87.6 Å². The number of aromatic hydroxyl groups is 1. The third kappa shape index (κ3) is 5.26. The summed E-state index contributed by atoms with van der Waals surface area (Å²) in [6.07, 6.45) is 3.60. The van der Waals surface area contributed by atoms with Crippen LogP contribution in [0.15, 0.2) is 30.9 Å².